The SMILES string of the molecule is Cc1ccc(CC(C)NC(=O)N[C@H](CC(C)C)C(=O)O)s1. The minimum atomic E-state index is -1.000. The fraction of sp³-hybridized carbons (Fsp3) is 0.600. The highest BCUT2D eigenvalue weighted by molar-refractivity contribution is 7.11. The second-order valence-corrected chi connectivity index (χ2v) is 7.13. The van der Waals surface area contributed by atoms with Crippen molar-refractivity contribution >= 4 is 23.3 Å². The lowest BCUT2D eigenvalue weighted by Crippen LogP contribution is -2.49. The molecule has 0 saturated carbocycles. The van der Waals surface area contributed by atoms with E-state index in [1.54, 1.807) is 11.3 Å². The molecule has 118 valence electrons. The smallest absolute Gasteiger partial charge is 0.326 e. The number of carboxylic acid groups (broad SMARTS) is 1. The maximum absolute atomic E-state index is 11.9. The van der Waals surface area contributed by atoms with Crippen molar-refractivity contribution in [1.82, 2.24) is 10.6 Å². The van der Waals surface area contributed by atoms with Crippen molar-refractivity contribution in [3.8, 4) is 0 Å². The first-order valence-electron chi connectivity index (χ1n) is 7.13. The summed E-state index contributed by atoms with van der Waals surface area (Å²) in [6.45, 7) is 7.81. The molecule has 1 rings (SSSR count). The van der Waals surface area contributed by atoms with E-state index in [1.807, 2.05) is 27.7 Å². The van der Waals surface area contributed by atoms with E-state index in [4.69, 9.17) is 5.11 Å². The van der Waals surface area contributed by atoms with Gasteiger partial charge in [-0.15, -0.1) is 11.3 Å². The zero-order valence-electron chi connectivity index (χ0n) is 13.0. The van der Waals surface area contributed by atoms with Gasteiger partial charge in [0, 0.05) is 22.2 Å². The summed E-state index contributed by atoms with van der Waals surface area (Å²) in [5.41, 5.74) is 0. The molecule has 1 heterocycles. The number of nitrogens with one attached hydrogen (secondary N) is 2. The van der Waals surface area contributed by atoms with Crippen LogP contribution in [0, 0.1) is 12.8 Å². The van der Waals surface area contributed by atoms with E-state index in [-0.39, 0.29) is 12.0 Å². The largest absolute Gasteiger partial charge is 0.480 e. The Kier molecular flexibility index (Phi) is 6.68. The third-order valence-corrected chi connectivity index (χ3v) is 4.01. The van der Waals surface area contributed by atoms with Crippen LogP contribution in [0.3, 0.4) is 0 Å². The molecule has 0 fully saturated rings. The standard InChI is InChI=1S/C15H24N2O3S/c1-9(2)7-13(14(18)19)17-15(20)16-10(3)8-12-6-5-11(4)21-12/h5-6,9-10,13H,7-8H2,1-4H3,(H,18,19)(H2,16,17,20)/t10?,13-/m1/s1. The Bertz CT molecular complexity index is 485. The van der Waals surface area contributed by atoms with Crippen LogP contribution in [0.25, 0.3) is 0 Å². The highest BCUT2D eigenvalue weighted by Crippen LogP contribution is 2.16. The van der Waals surface area contributed by atoms with Crippen molar-refractivity contribution in [3.05, 3.63) is 21.9 Å². The van der Waals surface area contributed by atoms with Crippen LogP contribution in [0.15, 0.2) is 12.1 Å². The van der Waals surface area contributed by atoms with Gasteiger partial charge in [0.2, 0.25) is 0 Å². The van der Waals surface area contributed by atoms with Gasteiger partial charge < -0.3 is 15.7 Å². The number of aliphatic carboxylic acids is 1. The van der Waals surface area contributed by atoms with Crippen LogP contribution in [-0.4, -0.2) is 29.2 Å². The van der Waals surface area contributed by atoms with Gasteiger partial charge in [-0.3, -0.25) is 0 Å². The van der Waals surface area contributed by atoms with E-state index in [2.05, 4.69) is 22.8 Å². The highest BCUT2D eigenvalue weighted by Gasteiger charge is 2.21. The number of thiophene rings is 1. The third-order valence-electron chi connectivity index (χ3n) is 2.99. The molecule has 2 atom stereocenters. The zero-order chi connectivity index (χ0) is 16.0. The lowest BCUT2D eigenvalue weighted by atomic mass is 10.0. The van der Waals surface area contributed by atoms with Crippen LogP contribution in [0.4, 0.5) is 4.79 Å². The predicted octanol–water partition coefficient (Wildman–Crippen LogP) is 2.79. The Hall–Kier alpha value is -1.56. The first kappa shape index (κ1) is 17.5. The van der Waals surface area contributed by atoms with E-state index in [9.17, 15) is 9.59 Å². The molecule has 6 heteroatoms. The van der Waals surface area contributed by atoms with Gasteiger partial charge in [0.1, 0.15) is 6.04 Å². The Morgan fingerprint density at radius 2 is 1.90 bits per heavy atom. The Morgan fingerprint density at radius 3 is 2.38 bits per heavy atom. The lowest BCUT2D eigenvalue weighted by molar-refractivity contribution is -0.139. The highest BCUT2D eigenvalue weighted by atomic mass is 32.1. The van der Waals surface area contributed by atoms with Crippen molar-refractivity contribution in [2.24, 2.45) is 5.92 Å². The average Bonchev–Trinajstić information content (AvgIpc) is 2.72. The number of urea groups is 1. The van der Waals surface area contributed by atoms with E-state index < -0.39 is 18.0 Å². The number of hydrogen-bond donors (Lipinski definition) is 3. The minimum Gasteiger partial charge on any atom is -0.480 e. The van der Waals surface area contributed by atoms with Gasteiger partial charge in [-0.1, -0.05) is 13.8 Å². The van der Waals surface area contributed by atoms with Gasteiger partial charge in [-0.05, 0) is 38.3 Å². The molecule has 0 saturated heterocycles. The first-order valence-corrected chi connectivity index (χ1v) is 7.94. The van der Waals surface area contributed by atoms with Crippen molar-refractivity contribution in [1.29, 1.82) is 0 Å². The molecular formula is C15H24N2O3S. The van der Waals surface area contributed by atoms with E-state index in [0.717, 1.165) is 6.42 Å². The van der Waals surface area contributed by atoms with Gasteiger partial charge in [-0.2, -0.15) is 0 Å². The average molecular weight is 312 g/mol. The number of carbonyl (C=O) groups is 2. The Labute approximate surface area is 129 Å². The van der Waals surface area contributed by atoms with Crippen LogP contribution in [0.2, 0.25) is 0 Å². The van der Waals surface area contributed by atoms with Crippen molar-refractivity contribution in [3.63, 3.8) is 0 Å². The molecule has 0 aliphatic carbocycles. The molecule has 0 aromatic carbocycles. The summed E-state index contributed by atoms with van der Waals surface area (Å²) >= 11 is 1.70. The van der Waals surface area contributed by atoms with Crippen LogP contribution in [0.1, 0.15) is 36.9 Å². The van der Waals surface area contributed by atoms with Crippen molar-refractivity contribution < 1.29 is 14.7 Å². The minimum absolute atomic E-state index is 0.0449. The number of aryl methyl sites for hydroxylation is 1. The maximum Gasteiger partial charge on any atom is 0.326 e. The molecule has 0 aliphatic heterocycles. The van der Waals surface area contributed by atoms with E-state index >= 15 is 0 Å². The predicted molar refractivity (Wildman–Crippen MR) is 84.8 cm³/mol. The van der Waals surface area contributed by atoms with Gasteiger partial charge in [0.05, 0.1) is 0 Å². The molecule has 2 amide bonds. The van der Waals surface area contributed by atoms with Gasteiger partial charge in [0.15, 0.2) is 0 Å². The maximum atomic E-state index is 11.9. The summed E-state index contributed by atoms with van der Waals surface area (Å²) in [5.74, 6) is -0.793. The van der Waals surface area contributed by atoms with Gasteiger partial charge >= 0.3 is 12.0 Å². The normalized spacial score (nSPS) is 13.8. The molecular weight excluding hydrogens is 288 g/mol. The van der Waals surface area contributed by atoms with Crippen LogP contribution >= 0.6 is 11.3 Å². The Morgan fingerprint density at radius 1 is 1.24 bits per heavy atom. The molecule has 1 aromatic heterocycles. The monoisotopic (exact) mass is 312 g/mol. The van der Waals surface area contributed by atoms with Crippen LogP contribution in [0.5, 0.6) is 0 Å². The van der Waals surface area contributed by atoms with Crippen molar-refractivity contribution in [2.75, 3.05) is 0 Å². The zero-order valence-corrected chi connectivity index (χ0v) is 13.8. The molecule has 1 aromatic rings. The van der Waals surface area contributed by atoms with Gasteiger partial charge in [0.25, 0.3) is 0 Å². The molecule has 0 aliphatic rings. The van der Waals surface area contributed by atoms with E-state index in [1.165, 1.54) is 9.75 Å². The molecule has 3 N–H and O–H groups in total. The molecule has 1 unspecified atom stereocenters. The Balaban J connectivity index is 2.45. The molecule has 0 spiro atoms. The van der Waals surface area contributed by atoms with Crippen molar-refractivity contribution in [2.45, 2.75) is 52.6 Å². The summed E-state index contributed by atoms with van der Waals surface area (Å²) < 4.78 is 0. The number of rotatable bonds is 7. The van der Waals surface area contributed by atoms with Crippen LogP contribution in [-0.2, 0) is 11.2 Å². The number of carbonyl (C=O) groups excluding carboxylic acids is 1. The van der Waals surface area contributed by atoms with Crippen LogP contribution < -0.4 is 10.6 Å². The molecule has 5 nitrogen and oxygen atoms in total. The number of carboxylic acids is 1. The second kappa shape index (κ2) is 8.02. The lowest BCUT2D eigenvalue weighted by Gasteiger charge is -2.19. The fourth-order valence-corrected chi connectivity index (χ4v) is 3.08. The van der Waals surface area contributed by atoms with E-state index in [0.29, 0.717) is 6.42 Å². The molecule has 0 radical (unpaired) electrons. The number of amides is 2. The third kappa shape index (κ3) is 6.62. The topological polar surface area (TPSA) is 78.4 Å². The summed E-state index contributed by atoms with van der Waals surface area (Å²) in [5, 5.41) is 14.4. The fourth-order valence-electron chi connectivity index (χ4n) is 2.06. The summed E-state index contributed by atoms with van der Waals surface area (Å²) in [4.78, 5) is 25.4. The molecule has 21 heavy (non-hydrogen) atoms. The summed E-state index contributed by atoms with van der Waals surface area (Å²) in [6.07, 6.45) is 1.16. The quantitative estimate of drug-likeness (QED) is 0.724. The number of hydrogen-bond acceptors (Lipinski definition) is 3. The van der Waals surface area contributed by atoms with Gasteiger partial charge in [-0.25, -0.2) is 9.59 Å². The summed E-state index contributed by atoms with van der Waals surface area (Å²) in [7, 11) is 0. The second-order valence-electron chi connectivity index (χ2n) is 5.76. The molecule has 0 bridgehead atoms. The first-order chi connectivity index (χ1) is 9.77. The summed E-state index contributed by atoms with van der Waals surface area (Å²) in [6, 6.07) is 2.78.